The first-order chi connectivity index (χ1) is 7.63. The Hall–Kier alpha value is -1.62. The van der Waals surface area contributed by atoms with Crippen LogP contribution in [-0.4, -0.2) is 25.6 Å². The van der Waals surface area contributed by atoms with Crippen LogP contribution in [-0.2, 0) is 4.79 Å². The Bertz CT molecular complexity index is 369. The zero-order valence-electron chi connectivity index (χ0n) is 9.13. The Balaban J connectivity index is 2.42. The number of nitrogens with two attached hydrogens (primary N) is 1. The summed E-state index contributed by atoms with van der Waals surface area (Å²) in [5.41, 5.74) is 5.76. The molecule has 0 bridgehead atoms. The third-order valence-electron chi connectivity index (χ3n) is 1.98. The molecule has 0 spiro atoms. The van der Waals surface area contributed by atoms with Crippen molar-refractivity contribution in [1.29, 1.82) is 0 Å². The van der Waals surface area contributed by atoms with Crippen molar-refractivity contribution in [2.45, 2.75) is 6.92 Å². The topological polar surface area (TPSA) is 64.3 Å². The molecule has 0 radical (unpaired) electrons. The van der Waals surface area contributed by atoms with E-state index in [1.807, 2.05) is 0 Å². The van der Waals surface area contributed by atoms with Crippen LogP contribution in [0, 0.1) is 12.7 Å². The molecule has 0 heterocycles. The first-order valence-corrected chi connectivity index (χ1v) is 4.99. The Labute approximate surface area is 93.6 Å². The Morgan fingerprint density at radius 2 is 2.31 bits per heavy atom. The molecule has 4 nitrogen and oxygen atoms in total. The first-order valence-electron chi connectivity index (χ1n) is 4.99. The summed E-state index contributed by atoms with van der Waals surface area (Å²) in [6, 6.07) is 4.47. The van der Waals surface area contributed by atoms with Gasteiger partial charge in [0.05, 0.1) is 0 Å². The minimum Gasteiger partial charge on any atom is -0.484 e. The third-order valence-corrected chi connectivity index (χ3v) is 1.98. The van der Waals surface area contributed by atoms with E-state index >= 15 is 0 Å². The van der Waals surface area contributed by atoms with Crippen LogP contribution < -0.4 is 15.8 Å². The molecule has 0 aliphatic rings. The zero-order chi connectivity index (χ0) is 12.0. The summed E-state index contributed by atoms with van der Waals surface area (Å²) in [4.78, 5) is 11.1. The summed E-state index contributed by atoms with van der Waals surface area (Å²) in [6.45, 7) is 2.31. The maximum atomic E-state index is 13.1. The van der Waals surface area contributed by atoms with Gasteiger partial charge >= 0.3 is 0 Å². The van der Waals surface area contributed by atoms with Crippen molar-refractivity contribution in [2.75, 3.05) is 19.7 Å². The zero-order valence-corrected chi connectivity index (χ0v) is 9.13. The monoisotopic (exact) mass is 226 g/mol. The molecule has 0 aromatic heterocycles. The molecule has 0 unspecified atom stereocenters. The average molecular weight is 226 g/mol. The maximum Gasteiger partial charge on any atom is 0.257 e. The van der Waals surface area contributed by atoms with Crippen LogP contribution in [0.1, 0.15) is 5.56 Å². The summed E-state index contributed by atoms with van der Waals surface area (Å²) < 4.78 is 18.2. The van der Waals surface area contributed by atoms with Crippen LogP contribution >= 0.6 is 0 Å². The number of hydrogen-bond acceptors (Lipinski definition) is 3. The number of benzene rings is 1. The first kappa shape index (κ1) is 12.4. The van der Waals surface area contributed by atoms with Crippen LogP contribution in [0.25, 0.3) is 0 Å². The van der Waals surface area contributed by atoms with Crippen molar-refractivity contribution in [1.82, 2.24) is 5.32 Å². The molecule has 0 saturated heterocycles. The lowest BCUT2D eigenvalue weighted by Crippen LogP contribution is -2.32. The van der Waals surface area contributed by atoms with Crippen molar-refractivity contribution in [3.05, 3.63) is 29.6 Å². The highest BCUT2D eigenvalue weighted by molar-refractivity contribution is 5.77. The summed E-state index contributed by atoms with van der Waals surface area (Å²) in [5, 5.41) is 2.55. The van der Waals surface area contributed by atoms with E-state index in [9.17, 15) is 9.18 Å². The number of hydrogen-bond donors (Lipinski definition) is 2. The maximum absolute atomic E-state index is 13.1. The molecule has 5 heteroatoms. The molecular weight excluding hydrogens is 211 g/mol. The van der Waals surface area contributed by atoms with Gasteiger partial charge < -0.3 is 15.8 Å². The van der Waals surface area contributed by atoms with E-state index in [0.29, 0.717) is 24.4 Å². The van der Waals surface area contributed by atoms with E-state index in [-0.39, 0.29) is 18.3 Å². The molecule has 0 saturated carbocycles. The second-order valence-corrected chi connectivity index (χ2v) is 3.34. The molecular formula is C11H15FN2O2. The molecule has 0 aliphatic carbocycles. The van der Waals surface area contributed by atoms with Crippen LogP contribution in [0.4, 0.5) is 4.39 Å². The van der Waals surface area contributed by atoms with Crippen LogP contribution in [0.3, 0.4) is 0 Å². The minimum absolute atomic E-state index is 0.136. The number of carbonyl (C=O) groups is 1. The van der Waals surface area contributed by atoms with Crippen molar-refractivity contribution in [3.63, 3.8) is 0 Å². The SMILES string of the molecule is Cc1ccc(OCC(=O)NCCN)cc1F. The predicted molar refractivity (Wildman–Crippen MR) is 58.7 cm³/mol. The van der Waals surface area contributed by atoms with Gasteiger partial charge in [-0.2, -0.15) is 0 Å². The van der Waals surface area contributed by atoms with Crippen LogP contribution in [0.2, 0.25) is 0 Å². The number of amides is 1. The standard InChI is InChI=1S/C11H15FN2O2/c1-8-2-3-9(6-10(8)12)16-7-11(15)14-5-4-13/h2-3,6H,4-5,7,13H2,1H3,(H,14,15). The fraction of sp³-hybridized carbons (Fsp3) is 0.364. The van der Waals surface area contributed by atoms with E-state index < -0.39 is 0 Å². The van der Waals surface area contributed by atoms with E-state index in [1.54, 1.807) is 19.1 Å². The molecule has 0 atom stereocenters. The largest absolute Gasteiger partial charge is 0.484 e. The van der Waals surface area contributed by atoms with Gasteiger partial charge in [-0.15, -0.1) is 0 Å². The van der Waals surface area contributed by atoms with Gasteiger partial charge in [-0.25, -0.2) is 4.39 Å². The highest BCUT2D eigenvalue weighted by atomic mass is 19.1. The van der Waals surface area contributed by atoms with Gasteiger partial charge in [-0.1, -0.05) is 6.07 Å². The third kappa shape index (κ3) is 3.86. The summed E-state index contributed by atoms with van der Waals surface area (Å²) >= 11 is 0. The highest BCUT2D eigenvalue weighted by Gasteiger charge is 2.03. The van der Waals surface area contributed by atoms with Crippen LogP contribution in [0.15, 0.2) is 18.2 Å². The van der Waals surface area contributed by atoms with Gasteiger partial charge in [0, 0.05) is 19.2 Å². The van der Waals surface area contributed by atoms with E-state index in [2.05, 4.69) is 5.32 Å². The normalized spacial score (nSPS) is 9.94. The number of rotatable bonds is 5. The lowest BCUT2D eigenvalue weighted by atomic mass is 10.2. The smallest absolute Gasteiger partial charge is 0.257 e. The van der Waals surface area contributed by atoms with Gasteiger partial charge in [-0.05, 0) is 18.6 Å². The summed E-state index contributed by atoms with van der Waals surface area (Å²) in [6.07, 6.45) is 0. The van der Waals surface area contributed by atoms with E-state index in [1.165, 1.54) is 6.07 Å². The fourth-order valence-electron chi connectivity index (χ4n) is 1.07. The molecule has 0 fully saturated rings. The van der Waals surface area contributed by atoms with Gasteiger partial charge in [0.2, 0.25) is 0 Å². The Morgan fingerprint density at radius 3 is 2.94 bits per heavy atom. The second-order valence-electron chi connectivity index (χ2n) is 3.34. The molecule has 88 valence electrons. The average Bonchev–Trinajstić information content (AvgIpc) is 2.28. The summed E-state index contributed by atoms with van der Waals surface area (Å²) in [7, 11) is 0. The molecule has 3 N–H and O–H groups in total. The Morgan fingerprint density at radius 1 is 1.56 bits per heavy atom. The number of nitrogens with one attached hydrogen (secondary N) is 1. The van der Waals surface area contributed by atoms with Crippen LogP contribution in [0.5, 0.6) is 5.75 Å². The van der Waals surface area contributed by atoms with E-state index in [0.717, 1.165) is 0 Å². The van der Waals surface area contributed by atoms with Crippen molar-refractivity contribution in [2.24, 2.45) is 5.73 Å². The summed E-state index contributed by atoms with van der Waals surface area (Å²) in [5.74, 6) is -0.280. The van der Waals surface area contributed by atoms with Crippen molar-refractivity contribution < 1.29 is 13.9 Å². The Kier molecular flexibility index (Phi) is 4.72. The minimum atomic E-state index is -0.347. The molecule has 1 amide bonds. The molecule has 1 aromatic carbocycles. The number of halogens is 1. The number of carbonyl (C=O) groups excluding carboxylic acids is 1. The predicted octanol–water partition coefficient (Wildman–Crippen LogP) is 0.588. The van der Waals surface area contributed by atoms with Gasteiger partial charge in [0.15, 0.2) is 6.61 Å². The van der Waals surface area contributed by atoms with Gasteiger partial charge in [0.1, 0.15) is 11.6 Å². The molecule has 1 aromatic rings. The van der Waals surface area contributed by atoms with Crippen molar-refractivity contribution in [3.8, 4) is 5.75 Å². The fourth-order valence-corrected chi connectivity index (χ4v) is 1.07. The second kappa shape index (κ2) is 6.07. The molecule has 0 aliphatic heterocycles. The quantitative estimate of drug-likeness (QED) is 0.772. The van der Waals surface area contributed by atoms with Gasteiger partial charge in [0.25, 0.3) is 5.91 Å². The molecule has 1 rings (SSSR count). The van der Waals surface area contributed by atoms with Gasteiger partial charge in [-0.3, -0.25) is 4.79 Å². The van der Waals surface area contributed by atoms with E-state index in [4.69, 9.17) is 10.5 Å². The number of aryl methyl sites for hydroxylation is 1. The van der Waals surface area contributed by atoms with Crippen molar-refractivity contribution >= 4 is 5.91 Å². The highest BCUT2D eigenvalue weighted by Crippen LogP contribution is 2.15. The molecule has 16 heavy (non-hydrogen) atoms. The lowest BCUT2D eigenvalue weighted by molar-refractivity contribution is -0.123. The lowest BCUT2D eigenvalue weighted by Gasteiger charge is -2.07. The number of ether oxygens (including phenoxy) is 1.